The molecule has 94 valence electrons. The first-order valence-corrected chi connectivity index (χ1v) is 5.83. The summed E-state index contributed by atoms with van der Waals surface area (Å²) < 4.78 is 0. The molecule has 1 aliphatic heterocycles. The van der Waals surface area contributed by atoms with Crippen molar-refractivity contribution in [2.24, 2.45) is 5.92 Å². The second kappa shape index (κ2) is 4.01. The summed E-state index contributed by atoms with van der Waals surface area (Å²) in [5.74, 6) is -1.49. The molecule has 2 atom stereocenters. The number of rotatable bonds is 2. The maximum absolute atomic E-state index is 12.2. The Labute approximate surface area is 99.0 Å². The largest absolute Gasteiger partial charge is 0.480 e. The highest BCUT2D eigenvalue weighted by molar-refractivity contribution is 6.08. The Morgan fingerprint density at radius 2 is 2.24 bits per heavy atom. The van der Waals surface area contributed by atoms with E-state index >= 15 is 0 Å². The lowest BCUT2D eigenvalue weighted by Gasteiger charge is -2.36. The molecule has 1 spiro atoms. The van der Waals surface area contributed by atoms with Gasteiger partial charge in [-0.15, -0.1) is 0 Å². The average molecular weight is 240 g/mol. The number of carbonyl (C=O) groups is 3. The number of imide groups is 1. The standard InChI is InChI=1S/C11H16N2O4/c1-7-4-2-3-5-11(7)9(16)13(6-8(14)15)10(17)12-11/h7H,2-6H2,1H3,(H,12,17)(H,14,15)/t7-,11+/m0/s1. The van der Waals surface area contributed by atoms with Crippen LogP contribution in [0.25, 0.3) is 0 Å². The molecule has 6 nitrogen and oxygen atoms in total. The molecule has 2 aliphatic rings. The molecule has 1 saturated heterocycles. The van der Waals surface area contributed by atoms with Crippen molar-refractivity contribution in [2.75, 3.05) is 6.54 Å². The van der Waals surface area contributed by atoms with Crippen LogP contribution in [0.1, 0.15) is 32.6 Å². The van der Waals surface area contributed by atoms with Gasteiger partial charge in [0.15, 0.2) is 0 Å². The molecule has 6 heteroatoms. The zero-order valence-electron chi connectivity index (χ0n) is 9.73. The molecule has 1 heterocycles. The quantitative estimate of drug-likeness (QED) is 0.691. The Morgan fingerprint density at radius 3 is 2.82 bits per heavy atom. The van der Waals surface area contributed by atoms with Gasteiger partial charge in [0.05, 0.1) is 0 Å². The van der Waals surface area contributed by atoms with Gasteiger partial charge in [0.25, 0.3) is 5.91 Å². The van der Waals surface area contributed by atoms with Crippen LogP contribution in [-0.2, 0) is 9.59 Å². The summed E-state index contributed by atoms with van der Waals surface area (Å²) in [6, 6.07) is -0.578. The molecule has 0 radical (unpaired) electrons. The Kier molecular flexibility index (Phi) is 2.81. The molecule has 1 aliphatic carbocycles. The molecule has 0 unspecified atom stereocenters. The lowest BCUT2D eigenvalue weighted by molar-refractivity contribution is -0.143. The summed E-state index contributed by atoms with van der Waals surface area (Å²) >= 11 is 0. The molecule has 2 N–H and O–H groups in total. The first-order chi connectivity index (χ1) is 7.97. The summed E-state index contributed by atoms with van der Waals surface area (Å²) in [5.41, 5.74) is -0.856. The van der Waals surface area contributed by atoms with Crippen LogP contribution in [0, 0.1) is 5.92 Å². The SMILES string of the molecule is C[C@H]1CCCC[C@@]12NC(=O)N(CC(=O)O)C2=O. The molecule has 0 bridgehead atoms. The van der Waals surface area contributed by atoms with E-state index in [1.54, 1.807) is 0 Å². The number of hydrogen-bond acceptors (Lipinski definition) is 3. The van der Waals surface area contributed by atoms with Gasteiger partial charge in [0, 0.05) is 0 Å². The summed E-state index contributed by atoms with van der Waals surface area (Å²) in [6.45, 7) is 1.38. The minimum absolute atomic E-state index is 0.0616. The third kappa shape index (κ3) is 1.77. The summed E-state index contributed by atoms with van der Waals surface area (Å²) in [5, 5.41) is 11.4. The zero-order chi connectivity index (χ0) is 12.6. The van der Waals surface area contributed by atoms with E-state index in [1.165, 1.54) is 0 Å². The normalized spacial score (nSPS) is 33.0. The minimum atomic E-state index is -1.17. The number of carboxylic acid groups (broad SMARTS) is 1. The molecule has 3 amide bonds. The minimum Gasteiger partial charge on any atom is -0.480 e. The highest BCUT2D eigenvalue weighted by Crippen LogP contribution is 2.37. The Hall–Kier alpha value is -1.59. The smallest absolute Gasteiger partial charge is 0.325 e. The maximum Gasteiger partial charge on any atom is 0.325 e. The van der Waals surface area contributed by atoms with E-state index in [4.69, 9.17) is 5.11 Å². The Morgan fingerprint density at radius 1 is 1.53 bits per heavy atom. The van der Waals surface area contributed by atoms with E-state index in [0.29, 0.717) is 6.42 Å². The van der Waals surface area contributed by atoms with Crippen molar-refractivity contribution in [3.05, 3.63) is 0 Å². The van der Waals surface area contributed by atoms with Crippen LogP contribution in [0.2, 0.25) is 0 Å². The van der Waals surface area contributed by atoms with Crippen molar-refractivity contribution < 1.29 is 19.5 Å². The summed E-state index contributed by atoms with van der Waals surface area (Å²) in [4.78, 5) is 35.3. The number of nitrogens with one attached hydrogen (secondary N) is 1. The van der Waals surface area contributed by atoms with Crippen LogP contribution in [0.4, 0.5) is 4.79 Å². The van der Waals surface area contributed by atoms with Crippen LogP contribution < -0.4 is 5.32 Å². The highest BCUT2D eigenvalue weighted by atomic mass is 16.4. The van der Waals surface area contributed by atoms with Crippen molar-refractivity contribution in [1.82, 2.24) is 10.2 Å². The predicted octanol–water partition coefficient (Wildman–Crippen LogP) is 0.572. The van der Waals surface area contributed by atoms with Gasteiger partial charge < -0.3 is 10.4 Å². The third-order valence-electron chi connectivity index (χ3n) is 3.79. The highest BCUT2D eigenvalue weighted by Gasteiger charge is 2.55. The van der Waals surface area contributed by atoms with Gasteiger partial charge in [-0.25, -0.2) is 4.79 Å². The average Bonchev–Trinajstić information content (AvgIpc) is 2.48. The van der Waals surface area contributed by atoms with Crippen LogP contribution in [0.5, 0.6) is 0 Å². The maximum atomic E-state index is 12.2. The monoisotopic (exact) mass is 240 g/mol. The second-order valence-electron chi connectivity index (χ2n) is 4.83. The number of carboxylic acids is 1. The molecule has 1 saturated carbocycles. The molecule has 2 fully saturated rings. The summed E-state index contributed by atoms with van der Waals surface area (Å²) in [7, 11) is 0. The van der Waals surface area contributed by atoms with Crippen LogP contribution >= 0.6 is 0 Å². The van der Waals surface area contributed by atoms with E-state index in [2.05, 4.69) is 5.32 Å². The molecule has 0 aromatic heterocycles. The zero-order valence-corrected chi connectivity index (χ0v) is 9.73. The van der Waals surface area contributed by atoms with Gasteiger partial charge in [0.1, 0.15) is 12.1 Å². The Bertz CT molecular complexity index is 382. The fourth-order valence-electron chi connectivity index (χ4n) is 2.77. The topological polar surface area (TPSA) is 86.7 Å². The van der Waals surface area contributed by atoms with Crippen LogP contribution in [-0.4, -0.2) is 40.0 Å². The van der Waals surface area contributed by atoms with Crippen molar-refractivity contribution in [3.63, 3.8) is 0 Å². The van der Waals surface area contributed by atoms with Crippen molar-refractivity contribution >= 4 is 17.9 Å². The van der Waals surface area contributed by atoms with E-state index in [0.717, 1.165) is 24.2 Å². The van der Waals surface area contributed by atoms with E-state index < -0.39 is 24.1 Å². The van der Waals surface area contributed by atoms with Crippen LogP contribution in [0.15, 0.2) is 0 Å². The predicted molar refractivity (Wildman–Crippen MR) is 58.2 cm³/mol. The van der Waals surface area contributed by atoms with Gasteiger partial charge >= 0.3 is 12.0 Å². The first-order valence-electron chi connectivity index (χ1n) is 5.83. The van der Waals surface area contributed by atoms with Crippen LogP contribution in [0.3, 0.4) is 0 Å². The number of carbonyl (C=O) groups excluding carboxylic acids is 2. The number of hydrogen-bond donors (Lipinski definition) is 2. The fraction of sp³-hybridized carbons (Fsp3) is 0.727. The fourth-order valence-corrected chi connectivity index (χ4v) is 2.77. The Balaban J connectivity index is 2.24. The summed E-state index contributed by atoms with van der Waals surface area (Å²) in [6.07, 6.45) is 3.42. The molecule has 0 aromatic carbocycles. The van der Waals surface area contributed by atoms with Gasteiger partial charge in [-0.1, -0.05) is 19.8 Å². The molecular formula is C11H16N2O4. The number of aliphatic carboxylic acids is 1. The third-order valence-corrected chi connectivity index (χ3v) is 3.79. The van der Waals surface area contributed by atoms with Gasteiger partial charge in [-0.2, -0.15) is 0 Å². The lowest BCUT2D eigenvalue weighted by atomic mass is 9.73. The first kappa shape index (κ1) is 11.9. The number of nitrogens with zero attached hydrogens (tertiary/aromatic N) is 1. The van der Waals surface area contributed by atoms with E-state index in [9.17, 15) is 14.4 Å². The molecule has 17 heavy (non-hydrogen) atoms. The van der Waals surface area contributed by atoms with Crippen molar-refractivity contribution in [2.45, 2.75) is 38.1 Å². The molecule has 2 rings (SSSR count). The van der Waals surface area contributed by atoms with Gasteiger partial charge in [-0.05, 0) is 18.8 Å². The van der Waals surface area contributed by atoms with E-state index in [1.807, 2.05) is 6.92 Å². The molecular weight excluding hydrogens is 224 g/mol. The van der Waals surface area contributed by atoms with E-state index in [-0.39, 0.29) is 11.8 Å². The number of urea groups is 1. The van der Waals surface area contributed by atoms with Gasteiger partial charge in [-0.3, -0.25) is 14.5 Å². The molecule has 0 aromatic rings. The van der Waals surface area contributed by atoms with Crippen molar-refractivity contribution in [3.8, 4) is 0 Å². The van der Waals surface area contributed by atoms with Gasteiger partial charge in [0.2, 0.25) is 0 Å². The lowest BCUT2D eigenvalue weighted by Crippen LogP contribution is -2.54. The number of amides is 3. The second-order valence-corrected chi connectivity index (χ2v) is 4.83. The van der Waals surface area contributed by atoms with Crippen molar-refractivity contribution in [1.29, 1.82) is 0 Å².